The van der Waals surface area contributed by atoms with Crippen LogP contribution in [0.1, 0.15) is 29.2 Å². The van der Waals surface area contributed by atoms with Crippen molar-refractivity contribution >= 4 is 38.5 Å². The van der Waals surface area contributed by atoms with Crippen molar-refractivity contribution in [3.63, 3.8) is 0 Å². The third-order valence-corrected chi connectivity index (χ3v) is 10.2. The minimum Gasteiger partial charge on any atom is -0.253 e. The Labute approximate surface area is 318 Å². The Morgan fingerprint density at radius 2 is 1.11 bits per heavy atom. The first-order valence-corrected chi connectivity index (χ1v) is 18.5. The first-order valence-electron chi connectivity index (χ1n) is 18.5. The molecule has 0 aromatic heterocycles. The van der Waals surface area contributed by atoms with Crippen molar-refractivity contribution in [2.75, 3.05) is 0 Å². The molecule has 1 heteroatoms. The molecule has 258 valence electrons. The van der Waals surface area contributed by atoms with Crippen LogP contribution in [0.25, 0.3) is 60.5 Å². The van der Waals surface area contributed by atoms with Crippen molar-refractivity contribution in [1.82, 2.24) is 0 Å². The molecule has 8 rings (SSSR count). The van der Waals surface area contributed by atoms with Gasteiger partial charge >= 0.3 is 0 Å². The Morgan fingerprint density at radius 3 is 1.85 bits per heavy atom. The molecule has 1 nitrogen and oxygen atoms in total. The summed E-state index contributed by atoms with van der Waals surface area (Å²) >= 11 is 0. The second-order valence-corrected chi connectivity index (χ2v) is 13.6. The second kappa shape index (κ2) is 15.4. The quantitative estimate of drug-likeness (QED) is 0.0812. The third-order valence-electron chi connectivity index (χ3n) is 10.2. The van der Waals surface area contributed by atoms with Crippen LogP contribution in [0, 0.1) is 6.92 Å². The van der Waals surface area contributed by atoms with Gasteiger partial charge in [-0.25, -0.2) is 0 Å². The largest absolute Gasteiger partial charge is 0.253 e. The zero-order chi connectivity index (χ0) is 36.9. The minimum absolute atomic E-state index is 0.995. The van der Waals surface area contributed by atoms with E-state index >= 15 is 0 Å². The Morgan fingerprint density at radius 1 is 0.500 bits per heavy atom. The maximum atomic E-state index is 4.96. The molecular formula is C53H41N. The molecule has 54 heavy (non-hydrogen) atoms. The van der Waals surface area contributed by atoms with Crippen molar-refractivity contribution in [2.45, 2.75) is 13.8 Å². The van der Waals surface area contributed by atoms with Gasteiger partial charge in [-0.1, -0.05) is 195 Å². The zero-order valence-corrected chi connectivity index (χ0v) is 30.7. The number of hydrogen-bond acceptors (Lipinski definition) is 1. The monoisotopic (exact) mass is 691 g/mol. The van der Waals surface area contributed by atoms with Gasteiger partial charge in [0.2, 0.25) is 0 Å². The van der Waals surface area contributed by atoms with E-state index in [0.717, 1.165) is 39.2 Å². The van der Waals surface area contributed by atoms with Gasteiger partial charge in [-0.05, 0) is 109 Å². The van der Waals surface area contributed by atoms with Crippen molar-refractivity contribution < 1.29 is 0 Å². The van der Waals surface area contributed by atoms with Crippen LogP contribution in [0.4, 0.5) is 5.69 Å². The molecule has 0 spiro atoms. The van der Waals surface area contributed by atoms with Gasteiger partial charge in [0.15, 0.2) is 0 Å². The van der Waals surface area contributed by atoms with E-state index in [1.807, 2.05) is 18.2 Å². The molecule has 0 amide bonds. The molecule has 0 fully saturated rings. The van der Waals surface area contributed by atoms with E-state index in [4.69, 9.17) is 4.99 Å². The van der Waals surface area contributed by atoms with Crippen molar-refractivity contribution in [3.8, 4) is 33.4 Å². The molecule has 0 aliphatic rings. The van der Waals surface area contributed by atoms with Crippen molar-refractivity contribution in [2.24, 2.45) is 4.99 Å². The van der Waals surface area contributed by atoms with Gasteiger partial charge in [-0.15, -0.1) is 0 Å². The molecule has 8 aromatic rings. The van der Waals surface area contributed by atoms with Crippen molar-refractivity contribution in [1.29, 1.82) is 0 Å². The molecule has 0 saturated carbocycles. The molecule has 8 aromatic carbocycles. The fourth-order valence-corrected chi connectivity index (χ4v) is 7.52. The zero-order valence-electron chi connectivity index (χ0n) is 30.7. The summed E-state index contributed by atoms with van der Waals surface area (Å²) in [6.07, 6.45) is 8.15. The molecule has 0 saturated heterocycles. The Hall–Kier alpha value is -6.83. The molecule has 0 bridgehead atoms. The number of allylic oxidation sites excluding steroid dienone is 4. The predicted molar refractivity (Wildman–Crippen MR) is 234 cm³/mol. The molecule has 0 radical (unpaired) electrons. The van der Waals surface area contributed by atoms with E-state index in [-0.39, 0.29) is 0 Å². The van der Waals surface area contributed by atoms with E-state index < -0.39 is 0 Å². The van der Waals surface area contributed by atoms with Crippen LogP contribution in [-0.4, -0.2) is 5.71 Å². The summed E-state index contributed by atoms with van der Waals surface area (Å²) in [7, 11) is 0. The van der Waals surface area contributed by atoms with E-state index in [9.17, 15) is 0 Å². The number of nitrogens with zero attached hydrogens (tertiary/aromatic N) is 1. The van der Waals surface area contributed by atoms with Gasteiger partial charge in [-0.2, -0.15) is 0 Å². The Balaban J connectivity index is 1.39. The molecule has 0 atom stereocenters. The fourth-order valence-electron chi connectivity index (χ4n) is 7.52. The standard InChI is InChI=1S/C53H41N/c1-4-5-8-25-45(42-22-11-7-12-23-42)52-47-27-16-17-28-48(47)53(46-26-15-14-24-44(46)41-20-9-6-10-21-41)49-35-34-43(36-50(49)52)40-32-30-39(31-33-40)38(3)54-51-29-18-13-19-37(51)2/h4-36H,1H2,2-3H3/b8-5-,45-25+,54-38+. The Kier molecular flexibility index (Phi) is 9.78. The number of hydrogen-bond donors (Lipinski definition) is 0. The smallest absolute Gasteiger partial charge is 0.0662 e. The first-order chi connectivity index (χ1) is 26.6. The summed E-state index contributed by atoms with van der Waals surface area (Å²) in [5.41, 5.74) is 15.0. The van der Waals surface area contributed by atoms with Gasteiger partial charge in [-0.3, -0.25) is 4.99 Å². The molecular weight excluding hydrogens is 651 g/mol. The summed E-state index contributed by atoms with van der Waals surface area (Å²) in [6, 6.07) is 63.3. The highest BCUT2D eigenvalue weighted by Gasteiger charge is 2.21. The molecule has 0 aliphatic heterocycles. The summed E-state index contributed by atoms with van der Waals surface area (Å²) in [6.45, 7) is 8.13. The van der Waals surface area contributed by atoms with Crippen LogP contribution in [0.3, 0.4) is 0 Å². The SMILES string of the molecule is C=C/C=C\C=C(/c1ccccc1)c1c2ccccc2c(-c2ccccc2-c2ccccc2)c2ccc(-c3ccc(/C(C)=N/c4ccccc4C)cc3)cc12. The number of fused-ring (bicyclic) bond motifs is 2. The average Bonchev–Trinajstić information content (AvgIpc) is 3.23. The Bertz CT molecular complexity index is 2710. The lowest BCUT2D eigenvalue weighted by atomic mass is 9.81. The van der Waals surface area contributed by atoms with Gasteiger partial charge < -0.3 is 0 Å². The van der Waals surface area contributed by atoms with Gasteiger partial charge in [0.25, 0.3) is 0 Å². The topological polar surface area (TPSA) is 12.4 Å². The lowest BCUT2D eigenvalue weighted by molar-refractivity contribution is 1.38. The second-order valence-electron chi connectivity index (χ2n) is 13.6. The maximum Gasteiger partial charge on any atom is 0.0662 e. The summed E-state index contributed by atoms with van der Waals surface area (Å²) < 4.78 is 0. The van der Waals surface area contributed by atoms with E-state index in [0.29, 0.717) is 0 Å². The van der Waals surface area contributed by atoms with Crippen LogP contribution < -0.4 is 0 Å². The lowest BCUT2D eigenvalue weighted by Crippen LogP contribution is -1.97. The van der Waals surface area contributed by atoms with Gasteiger partial charge in [0.05, 0.1) is 5.69 Å². The van der Waals surface area contributed by atoms with Crippen LogP contribution in [-0.2, 0) is 0 Å². The van der Waals surface area contributed by atoms with E-state index in [2.05, 4.69) is 202 Å². The predicted octanol–water partition coefficient (Wildman–Crippen LogP) is 14.6. The summed E-state index contributed by atoms with van der Waals surface area (Å²) in [4.78, 5) is 4.96. The normalized spacial score (nSPS) is 12.1. The van der Waals surface area contributed by atoms with E-state index in [1.54, 1.807) is 0 Å². The van der Waals surface area contributed by atoms with Crippen LogP contribution in [0.2, 0.25) is 0 Å². The molecule has 0 heterocycles. The van der Waals surface area contributed by atoms with Crippen LogP contribution >= 0.6 is 0 Å². The average molecular weight is 692 g/mol. The third kappa shape index (κ3) is 6.76. The number of aryl methyl sites for hydroxylation is 1. The van der Waals surface area contributed by atoms with E-state index in [1.165, 1.54) is 54.9 Å². The fraction of sp³-hybridized carbons (Fsp3) is 0.0377. The first kappa shape index (κ1) is 34.3. The molecule has 0 N–H and O–H groups in total. The lowest BCUT2D eigenvalue weighted by Gasteiger charge is -2.22. The van der Waals surface area contributed by atoms with Crippen molar-refractivity contribution in [3.05, 3.63) is 229 Å². The molecule has 0 unspecified atom stereocenters. The number of para-hydroxylation sites is 1. The van der Waals surface area contributed by atoms with Crippen LogP contribution in [0.15, 0.2) is 212 Å². The highest BCUT2D eigenvalue weighted by Crippen LogP contribution is 2.46. The maximum absolute atomic E-state index is 4.96. The van der Waals surface area contributed by atoms with Gasteiger partial charge in [0, 0.05) is 5.71 Å². The number of rotatable bonds is 9. The van der Waals surface area contributed by atoms with Crippen LogP contribution in [0.5, 0.6) is 0 Å². The van der Waals surface area contributed by atoms with Gasteiger partial charge in [0.1, 0.15) is 0 Å². The molecule has 0 aliphatic carbocycles. The summed E-state index contributed by atoms with van der Waals surface area (Å²) in [5, 5.41) is 4.84. The number of aliphatic imine (C=N–C) groups is 1. The highest BCUT2D eigenvalue weighted by atomic mass is 14.7. The minimum atomic E-state index is 0.995. The summed E-state index contributed by atoms with van der Waals surface area (Å²) in [5.74, 6) is 0. The highest BCUT2D eigenvalue weighted by molar-refractivity contribution is 6.21. The number of benzene rings is 8.